The first-order valence-corrected chi connectivity index (χ1v) is 7.87. The predicted molar refractivity (Wildman–Crippen MR) is 84.5 cm³/mol. The second-order valence-electron chi connectivity index (χ2n) is 5.51. The smallest absolute Gasteiger partial charge is 0.336 e. The molecule has 2 heterocycles. The van der Waals surface area contributed by atoms with Gasteiger partial charge in [0, 0.05) is 28.8 Å². The lowest BCUT2D eigenvalue weighted by Gasteiger charge is -2.01. The van der Waals surface area contributed by atoms with Crippen molar-refractivity contribution in [3.63, 3.8) is 0 Å². The highest BCUT2D eigenvalue weighted by Gasteiger charge is 2.18. The van der Waals surface area contributed by atoms with Crippen LogP contribution in [0.25, 0.3) is 0 Å². The zero-order chi connectivity index (χ0) is 15.5. The predicted octanol–water partition coefficient (Wildman–Crippen LogP) is 3.49. The van der Waals surface area contributed by atoms with Gasteiger partial charge in [-0.1, -0.05) is 11.6 Å². The molecule has 0 saturated heterocycles. The maximum absolute atomic E-state index is 10.7. The number of aromatic nitrogens is 2. The van der Waals surface area contributed by atoms with Gasteiger partial charge in [-0.05, 0) is 61.8 Å². The maximum Gasteiger partial charge on any atom is 0.336 e. The van der Waals surface area contributed by atoms with Crippen LogP contribution in [0.1, 0.15) is 45.7 Å². The molecule has 0 bridgehead atoms. The molecule has 4 nitrogen and oxygen atoms in total. The Morgan fingerprint density at radius 2 is 1.55 bits per heavy atom. The van der Waals surface area contributed by atoms with Gasteiger partial charge in [0.2, 0.25) is 0 Å². The molecule has 0 atom stereocenters. The number of rotatable bonds is 1. The molecule has 0 fully saturated rings. The summed E-state index contributed by atoms with van der Waals surface area (Å²) in [4.78, 5) is 19.1. The van der Waals surface area contributed by atoms with Crippen molar-refractivity contribution < 1.29 is 9.90 Å². The third-order valence-electron chi connectivity index (χ3n) is 4.14. The molecule has 2 aliphatic carbocycles. The monoisotopic (exact) mass is 316 g/mol. The molecule has 2 aromatic heterocycles. The highest BCUT2D eigenvalue weighted by molar-refractivity contribution is 6.31. The fraction of sp³-hybridized carbons (Fsp3) is 0.353. The molecule has 4 rings (SSSR count). The van der Waals surface area contributed by atoms with E-state index in [1.54, 1.807) is 18.5 Å². The molecule has 114 valence electrons. The van der Waals surface area contributed by atoms with Crippen LogP contribution in [-0.4, -0.2) is 21.0 Å². The van der Waals surface area contributed by atoms with Gasteiger partial charge in [0.1, 0.15) is 0 Å². The Balaban J connectivity index is 0.000000133. The van der Waals surface area contributed by atoms with E-state index in [9.17, 15) is 4.79 Å². The van der Waals surface area contributed by atoms with Crippen LogP contribution in [0.5, 0.6) is 0 Å². The lowest BCUT2D eigenvalue weighted by molar-refractivity contribution is 0.0695. The molecule has 2 aromatic rings. The van der Waals surface area contributed by atoms with Crippen LogP contribution in [0.2, 0.25) is 5.02 Å². The SMILES string of the molecule is Clc1ccnc2c1CCC2.O=C(O)c1ccnc2c1CCC2. The van der Waals surface area contributed by atoms with Crippen molar-refractivity contribution in [3.05, 3.63) is 57.6 Å². The van der Waals surface area contributed by atoms with Crippen molar-refractivity contribution in [1.29, 1.82) is 0 Å². The summed E-state index contributed by atoms with van der Waals surface area (Å²) in [7, 11) is 0. The standard InChI is InChI=1S/C9H9NO2.C8H8ClN/c11-9(12)7-4-5-10-8-3-1-2-6(7)8;9-7-4-5-10-8-3-1-2-6(7)8/h4-5H,1-3H2,(H,11,12);4-5H,1-3H2. The molecule has 0 unspecified atom stereocenters. The lowest BCUT2D eigenvalue weighted by Crippen LogP contribution is -2.02. The van der Waals surface area contributed by atoms with Crippen LogP contribution >= 0.6 is 11.6 Å². The van der Waals surface area contributed by atoms with Crippen LogP contribution < -0.4 is 0 Å². The second-order valence-corrected chi connectivity index (χ2v) is 5.92. The van der Waals surface area contributed by atoms with E-state index in [-0.39, 0.29) is 0 Å². The summed E-state index contributed by atoms with van der Waals surface area (Å²) in [6.07, 6.45) is 9.62. The number of aromatic carboxylic acids is 1. The fourth-order valence-corrected chi connectivity index (χ4v) is 3.34. The van der Waals surface area contributed by atoms with E-state index in [0.29, 0.717) is 5.56 Å². The number of pyridine rings is 2. The zero-order valence-corrected chi connectivity index (χ0v) is 12.9. The molecule has 0 saturated carbocycles. The van der Waals surface area contributed by atoms with Crippen LogP contribution in [0.4, 0.5) is 0 Å². The molecule has 2 aliphatic rings. The van der Waals surface area contributed by atoms with Gasteiger partial charge in [0.25, 0.3) is 0 Å². The van der Waals surface area contributed by atoms with Crippen LogP contribution in [0, 0.1) is 0 Å². The largest absolute Gasteiger partial charge is 0.478 e. The number of aryl methyl sites for hydroxylation is 2. The molecule has 5 heteroatoms. The number of halogens is 1. The Bertz CT molecular complexity index is 716. The minimum Gasteiger partial charge on any atom is -0.478 e. The first kappa shape index (κ1) is 15.0. The zero-order valence-electron chi connectivity index (χ0n) is 12.2. The summed E-state index contributed by atoms with van der Waals surface area (Å²) >= 11 is 5.93. The highest BCUT2D eigenvalue weighted by atomic mass is 35.5. The van der Waals surface area contributed by atoms with Crippen molar-refractivity contribution in [2.75, 3.05) is 0 Å². The van der Waals surface area contributed by atoms with E-state index in [2.05, 4.69) is 9.97 Å². The molecule has 1 N–H and O–H groups in total. The summed E-state index contributed by atoms with van der Waals surface area (Å²) in [5, 5.41) is 9.71. The van der Waals surface area contributed by atoms with Gasteiger partial charge < -0.3 is 5.11 Å². The van der Waals surface area contributed by atoms with Gasteiger partial charge in [0.15, 0.2) is 0 Å². The maximum atomic E-state index is 10.7. The summed E-state index contributed by atoms with van der Waals surface area (Å²) in [6.45, 7) is 0. The molecule has 0 aromatic carbocycles. The Morgan fingerprint density at radius 1 is 0.955 bits per heavy atom. The average molecular weight is 317 g/mol. The van der Waals surface area contributed by atoms with Crippen LogP contribution in [0.3, 0.4) is 0 Å². The van der Waals surface area contributed by atoms with E-state index in [1.807, 2.05) is 6.07 Å². The number of hydrogen-bond acceptors (Lipinski definition) is 3. The average Bonchev–Trinajstić information content (AvgIpc) is 3.16. The minimum absolute atomic E-state index is 0.428. The third-order valence-corrected chi connectivity index (χ3v) is 4.50. The Hall–Kier alpha value is -1.94. The highest BCUT2D eigenvalue weighted by Crippen LogP contribution is 2.26. The number of carboxylic acid groups (broad SMARTS) is 1. The minimum atomic E-state index is -0.837. The molecule has 22 heavy (non-hydrogen) atoms. The van der Waals surface area contributed by atoms with Crippen LogP contribution in [-0.2, 0) is 25.7 Å². The Labute approximate surface area is 134 Å². The second kappa shape index (κ2) is 6.44. The quantitative estimate of drug-likeness (QED) is 0.874. The summed E-state index contributed by atoms with van der Waals surface area (Å²) in [5.74, 6) is -0.837. The van der Waals surface area contributed by atoms with Crippen molar-refractivity contribution in [2.45, 2.75) is 38.5 Å². The van der Waals surface area contributed by atoms with E-state index in [4.69, 9.17) is 16.7 Å². The fourth-order valence-electron chi connectivity index (χ4n) is 3.08. The molecule has 0 amide bonds. The normalized spacial score (nSPS) is 14.8. The van der Waals surface area contributed by atoms with Gasteiger partial charge in [-0.3, -0.25) is 9.97 Å². The van der Waals surface area contributed by atoms with Gasteiger partial charge in [-0.25, -0.2) is 4.79 Å². The molecule has 0 aliphatic heterocycles. The first-order chi connectivity index (χ1) is 10.7. The number of carboxylic acids is 1. The molecule has 0 radical (unpaired) electrons. The first-order valence-electron chi connectivity index (χ1n) is 7.49. The molecule has 0 spiro atoms. The van der Waals surface area contributed by atoms with Crippen molar-refractivity contribution >= 4 is 17.6 Å². The van der Waals surface area contributed by atoms with Crippen molar-refractivity contribution in [2.24, 2.45) is 0 Å². The Kier molecular flexibility index (Phi) is 4.39. The number of carbonyl (C=O) groups is 1. The number of hydrogen-bond donors (Lipinski definition) is 1. The van der Waals surface area contributed by atoms with Gasteiger partial charge >= 0.3 is 5.97 Å². The van der Waals surface area contributed by atoms with E-state index in [0.717, 1.165) is 48.4 Å². The van der Waals surface area contributed by atoms with E-state index in [1.165, 1.54) is 17.7 Å². The van der Waals surface area contributed by atoms with Crippen molar-refractivity contribution in [3.8, 4) is 0 Å². The Morgan fingerprint density at radius 3 is 2.18 bits per heavy atom. The summed E-state index contributed by atoms with van der Waals surface area (Å²) < 4.78 is 0. The van der Waals surface area contributed by atoms with Gasteiger partial charge in [-0.2, -0.15) is 0 Å². The van der Waals surface area contributed by atoms with Crippen LogP contribution in [0.15, 0.2) is 24.5 Å². The lowest BCUT2D eigenvalue weighted by atomic mass is 10.1. The third kappa shape index (κ3) is 2.97. The van der Waals surface area contributed by atoms with E-state index < -0.39 is 5.97 Å². The van der Waals surface area contributed by atoms with Crippen molar-refractivity contribution in [1.82, 2.24) is 9.97 Å². The summed E-state index contributed by atoms with van der Waals surface area (Å²) in [5.41, 5.74) is 4.80. The van der Waals surface area contributed by atoms with Gasteiger partial charge in [0.05, 0.1) is 5.56 Å². The molecular formula is C17H17ClN2O2. The summed E-state index contributed by atoms with van der Waals surface area (Å²) in [6, 6.07) is 3.44. The number of nitrogens with zero attached hydrogens (tertiary/aromatic N) is 2. The van der Waals surface area contributed by atoms with Gasteiger partial charge in [-0.15, -0.1) is 0 Å². The topological polar surface area (TPSA) is 63.1 Å². The number of fused-ring (bicyclic) bond motifs is 2. The molecular weight excluding hydrogens is 300 g/mol. The van der Waals surface area contributed by atoms with E-state index >= 15 is 0 Å².